The number of carbonyl (C=O) groups is 2. The van der Waals surface area contributed by atoms with Gasteiger partial charge in [-0.1, -0.05) is 0 Å². The molecule has 0 amide bonds. The fourth-order valence-electron chi connectivity index (χ4n) is 1.31. The van der Waals surface area contributed by atoms with Crippen molar-refractivity contribution in [3.05, 3.63) is 29.1 Å². The Labute approximate surface area is 110 Å². The van der Waals surface area contributed by atoms with Crippen molar-refractivity contribution in [2.24, 2.45) is 0 Å². The van der Waals surface area contributed by atoms with Crippen LogP contribution in [0, 0.1) is 0 Å². The fraction of sp³-hybridized carbons (Fsp3) is 0.417. The second-order valence-corrected chi connectivity index (χ2v) is 3.58. The number of aromatic nitrogens is 1. The summed E-state index contributed by atoms with van der Waals surface area (Å²) < 4.78 is 9.69. The van der Waals surface area contributed by atoms with Gasteiger partial charge in [-0.2, -0.15) is 0 Å². The SMILES string of the molecule is CCOC(=O)c1cc(CCl)cnc1C(=O)OCC. The van der Waals surface area contributed by atoms with E-state index in [0.717, 1.165) is 0 Å². The Morgan fingerprint density at radius 2 is 1.83 bits per heavy atom. The van der Waals surface area contributed by atoms with E-state index in [1.807, 2.05) is 0 Å². The largest absolute Gasteiger partial charge is 0.462 e. The minimum atomic E-state index is -0.651. The lowest BCUT2D eigenvalue weighted by molar-refractivity contribution is 0.0473. The molecule has 0 spiro atoms. The Kier molecular flexibility index (Phi) is 5.58. The minimum absolute atomic E-state index is 0.0517. The van der Waals surface area contributed by atoms with Gasteiger partial charge in [-0.15, -0.1) is 11.6 Å². The van der Waals surface area contributed by atoms with Crippen LogP contribution >= 0.6 is 11.6 Å². The van der Waals surface area contributed by atoms with E-state index < -0.39 is 11.9 Å². The zero-order chi connectivity index (χ0) is 13.5. The summed E-state index contributed by atoms with van der Waals surface area (Å²) in [5.41, 5.74) is 0.658. The van der Waals surface area contributed by atoms with Crippen LogP contribution in [0.25, 0.3) is 0 Å². The molecule has 0 aliphatic carbocycles. The molecule has 0 bridgehead atoms. The molecule has 0 N–H and O–H groups in total. The summed E-state index contributed by atoms with van der Waals surface area (Å²) in [6, 6.07) is 1.49. The number of carbonyl (C=O) groups excluding carboxylic acids is 2. The number of hydrogen-bond donors (Lipinski definition) is 0. The fourth-order valence-corrected chi connectivity index (χ4v) is 1.45. The minimum Gasteiger partial charge on any atom is -0.462 e. The molecule has 1 heterocycles. The molecule has 5 nitrogen and oxygen atoms in total. The highest BCUT2D eigenvalue weighted by molar-refractivity contribution is 6.17. The average Bonchev–Trinajstić information content (AvgIpc) is 2.38. The molecule has 6 heteroatoms. The first-order valence-electron chi connectivity index (χ1n) is 5.53. The van der Waals surface area contributed by atoms with Crippen LogP contribution in [0.4, 0.5) is 0 Å². The van der Waals surface area contributed by atoms with E-state index in [-0.39, 0.29) is 30.4 Å². The third-order valence-corrected chi connectivity index (χ3v) is 2.37. The topological polar surface area (TPSA) is 65.5 Å². The van der Waals surface area contributed by atoms with E-state index in [4.69, 9.17) is 21.1 Å². The van der Waals surface area contributed by atoms with Crippen LogP contribution in [-0.4, -0.2) is 30.1 Å². The van der Waals surface area contributed by atoms with E-state index in [1.165, 1.54) is 12.3 Å². The highest BCUT2D eigenvalue weighted by atomic mass is 35.5. The normalized spacial score (nSPS) is 9.94. The Balaban J connectivity index is 3.15. The number of halogens is 1. The lowest BCUT2D eigenvalue weighted by atomic mass is 10.1. The van der Waals surface area contributed by atoms with Crippen LogP contribution in [0.2, 0.25) is 0 Å². The molecule has 0 aliphatic heterocycles. The Bertz CT molecular complexity index is 448. The summed E-state index contributed by atoms with van der Waals surface area (Å²) in [6.45, 7) is 3.78. The number of pyridine rings is 1. The first kappa shape index (κ1) is 14.4. The second-order valence-electron chi connectivity index (χ2n) is 3.31. The van der Waals surface area contributed by atoms with E-state index in [0.29, 0.717) is 5.56 Å². The molecule has 18 heavy (non-hydrogen) atoms. The maximum absolute atomic E-state index is 11.7. The number of hydrogen-bond acceptors (Lipinski definition) is 5. The maximum atomic E-state index is 11.7. The van der Waals surface area contributed by atoms with Gasteiger partial charge in [-0.25, -0.2) is 14.6 Å². The molecule has 0 saturated carbocycles. The summed E-state index contributed by atoms with van der Waals surface area (Å²) in [7, 11) is 0. The van der Waals surface area contributed by atoms with Gasteiger partial charge in [-0.05, 0) is 25.5 Å². The van der Waals surface area contributed by atoms with Gasteiger partial charge in [0.25, 0.3) is 0 Å². The summed E-state index contributed by atoms with van der Waals surface area (Å²) in [5, 5.41) is 0. The number of esters is 2. The van der Waals surface area contributed by atoms with Crippen molar-refractivity contribution in [2.45, 2.75) is 19.7 Å². The Hall–Kier alpha value is -1.62. The third-order valence-electron chi connectivity index (χ3n) is 2.06. The van der Waals surface area contributed by atoms with E-state index in [2.05, 4.69) is 4.98 Å². The van der Waals surface area contributed by atoms with Crippen molar-refractivity contribution in [2.75, 3.05) is 13.2 Å². The highest BCUT2D eigenvalue weighted by Crippen LogP contribution is 2.13. The predicted octanol–water partition coefficient (Wildman–Crippen LogP) is 2.17. The van der Waals surface area contributed by atoms with Gasteiger partial charge >= 0.3 is 11.9 Å². The standard InChI is InChI=1S/C12H14ClNO4/c1-3-17-11(15)9-5-8(6-13)7-14-10(9)12(16)18-4-2/h5,7H,3-4,6H2,1-2H3. The van der Waals surface area contributed by atoms with Crippen LogP contribution in [0.3, 0.4) is 0 Å². The number of ether oxygens (including phenoxy) is 2. The summed E-state index contributed by atoms with van der Waals surface area (Å²) >= 11 is 5.67. The van der Waals surface area contributed by atoms with Gasteiger partial charge < -0.3 is 9.47 Å². The van der Waals surface area contributed by atoms with Crippen LogP contribution in [0.5, 0.6) is 0 Å². The predicted molar refractivity (Wildman–Crippen MR) is 65.7 cm³/mol. The lowest BCUT2D eigenvalue weighted by Gasteiger charge is -2.08. The molecule has 0 aromatic carbocycles. The van der Waals surface area contributed by atoms with Gasteiger partial charge in [-0.3, -0.25) is 0 Å². The number of alkyl halides is 1. The van der Waals surface area contributed by atoms with Gasteiger partial charge in [0.1, 0.15) is 0 Å². The van der Waals surface area contributed by atoms with Gasteiger partial charge in [0, 0.05) is 12.1 Å². The molecule has 1 aromatic heterocycles. The first-order chi connectivity index (χ1) is 8.63. The van der Waals surface area contributed by atoms with Crippen molar-refractivity contribution in [3.63, 3.8) is 0 Å². The molecule has 0 fully saturated rings. The van der Waals surface area contributed by atoms with Crippen molar-refractivity contribution in [1.82, 2.24) is 4.98 Å². The number of rotatable bonds is 5. The summed E-state index contributed by atoms with van der Waals surface area (Å²) in [6.07, 6.45) is 1.43. The zero-order valence-electron chi connectivity index (χ0n) is 10.2. The maximum Gasteiger partial charge on any atom is 0.357 e. The molecular weight excluding hydrogens is 258 g/mol. The average molecular weight is 272 g/mol. The molecule has 1 rings (SSSR count). The Morgan fingerprint density at radius 1 is 1.22 bits per heavy atom. The van der Waals surface area contributed by atoms with Crippen LogP contribution in [-0.2, 0) is 15.4 Å². The molecule has 0 aliphatic rings. The van der Waals surface area contributed by atoms with Gasteiger partial charge in [0.15, 0.2) is 5.69 Å². The third kappa shape index (κ3) is 3.43. The first-order valence-corrected chi connectivity index (χ1v) is 6.06. The second kappa shape index (κ2) is 6.96. The smallest absolute Gasteiger partial charge is 0.357 e. The molecular formula is C12H14ClNO4. The highest BCUT2D eigenvalue weighted by Gasteiger charge is 2.21. The van der Waals surface area contributed by atoms with E-state index >= 15 is 0 Å². The Morgan fingerprint density at radius 3 is 2.39 bits per heavy atom. The molecule has 0 radical (unpaired) electrons. The lowest BCUT2D eigenvalue weighted by Crippen LogP contribution is -2.16. The molecule has 0 unspecified atom stereocenters. The van der Waals surface area contributed by atoms with Gasteiger partial charge in [0.2, 0.25) is 0 Å². The molecule has 0 atom stereocenters. The van der Waals surface area contributed by atoms with Crippen molar-refractivity contribution < 1.29 is 19.1 Å². The van der Waals surface area contributed by atoms with Crippen molar-refractivity contribution >= 4 is 23.5 Å². The summed E-state index contributed by atoms with van der Waals surface area (Å²) in [4.78, 5) is 27.3. The van der Waals surface area contributed by atoms with E-state index in [9.17, 15) is 9.59 Å². The van der Waals surface area contributed by atoms with Crippen molar-refractivity contribution in [3.8, 4) is 0 Å². The number of nitrogens with zero attached hydrogens (tertiary/aromatic N) is 1. The van der Waals surface area contributed by atoms with Crippen LogP contribution in [0.15, 0.2) is 12.3 Å². The van der Waals surface area contributed by atoms with Crippen LogP contribution in [0.1, 0.15) is 40.3 Å². The molecule has 1 aromatic rings. The quantitative estimate of drug-likeness (QED) is 0.607. The van der Waals surface area contributed by atoms with E-state index in [1.54, 1.807) is 13.8 Å². The summed E-state index contributed by atoms with van der Waals surface area (Å²) in [5.74, 6) is -1.07. The monoisotopic (exact) mass is 271 g/mol. The van der Waals surface area contributed by atoms with Crippen molar-refractivity contribution in [1.29, 1.82) is 0 Å². The zero-order valence-corrected chi connectivity index (χ0v) is 11.0. The molecule has 0 saturated heterocycles. The van der Waals surface area contributed by atoms with Gasteiger partial charge in [0.05, 0.1) is 18.8 Å². The van der Waals surface area contributed by atoms with Crippen LogP contribution < -0.4 is 0 Å². The molecule has 98 valence electrons.